The first-order valence-electron chi connectivity index (χ1n) is 7.87. The van der Waals surface area contributed by atoms with Crippen LogP contribution in [-0.2, 0) is 14.3 Å². The monoisotopic (exact) mass is 351 g/mol. The van der Waals surface area contributed by atoms with E-state index in [-0.39, 0.29) is 13.2 Å². The van der Waals surface area contributed by atoms with E-state index in [4.69, 9.17) is 19.5 Å². The highest BCUT2D eigenvalue weighted by molar-refractivity contribution is 5.81. The number of carbonyl (C=O) groups is 2. The highest BCUT2D eigenvalue weighted by Crippen LogP contribution is 2.23. The third-order valence-electron chi connectivity index (χ3n) is 3.32. The van der Waals surface area contributed by atoms with Gasteiger partial charge in [-0.05, 0) is 35.4 Å². The van der Waals surface area contributed by atoms with E-state index in [1.165, 1.54) is 0 Å². The first-order valence-corrected chi connectivity index (χ1v) is 7.87. The summed E-state index contributed by atoms with van der Waals surface area (Å²) < 4.78 is 14.7. The van der Waals surface area contributed by atoms with Crippen molar-refractivity contribution in [3.8, 4) is 22.9 Å². The molecule has 0 aliphatic heterocycles. The Morgan fingerprint density at radius 3 is 2.12 bits per heavy atom. The van der Waals surface area contributed by atoms with Crippen LogP contribution in [-0.4, -0.2) is 25.3 Å². The molecule has 0 amide bonds. The number of ether oxygens (including phenoxy) is 3. The Kier molecular flexibility index (Phi) is 6.95. The van der Waals surface area contributed by atoms with Gasteiger partial charge >= 0.3 is 12.1 Å². The average Bonchev–Trinajstić information content (AvgIpc) is 2.68. The topological polar surface area (TPSA) is 85.6 Å². The van der Waals surface area contributed by atoms with Crippen molar-refractivity contribution < 1.29 is 23.8 Å². The number of rotatable bonds is 7. The Bertz CT molecular complexity index is 804. The zero-order valence-corrected chi connectivity index (χ0v) is 14.0. The summed E-state index contributed by atoms with van der Waals surface area (Å²) >= 11 is 0. The van der Waals surface area contributed by atoms with E-state index in [1.807, 2.05) is 12.1 Å². The minimum Gasteiger partial charge on any atom is -0.462 e. The van der Waals surface area contributed by atoms with E-state index in [2.05, 4.69) is 12.6 Å². The number of esters is 1. The molecule has 0 radical (unpaired) electrons. The Hall–Kier alpha value is -3.59. The summed E-state index contributed by atoms with van der Waals surface area (Å²) in [7, 11) is 0. The number of nitriles is 1. The second kappa shape index (κ2) is 9.64. The largest absolute Gasteiger partial charge is 0.513 e. The average molecular weight is 351 g/mol. The third-order valence-corrected chi connectivity index (χ3v) is 3.32. The van der Waals surface area contributed by atoms with Crippen molar-refractivity contribution in [2.24, 2.45) is 0 Å². The molecule has 2 rings (SSSR count). The lowest BCUT2D eigenvalue weighted by molar-refractivity contribution is -0.138. The summed E-state index contributed by atoms with van der Waals surface area (Å²) in [5, 5.41) is 8.81. The van der Waals surface area contributed by atoms with Gasteiger partial charge in [-0.15, -0.1) is 0 Å². The Morgan fingerprint density at radius 1 is 0.962 bits per heavy atom. The lowest BCUT2D eigenvalue weighted by Gasteiger charge is -2.07. The molecule has 6 nitrogen and oxygen atoms in total. The Morgan fingerprint density at radius 2 is 1.54 bits per heavy atom. The van der Waals surface area contributed by atoms with Gasteiger partial charge in [0.1, 0.15) is 5.75 Å². The molecule has 0 aliphatic carbocycles. The van der Waals surface area contributed by atoms with Crippen molar-refractivity contribution in [3.05, 3.63) is 66.7 Å². The van der Waals surface area contributed by atoms with Gasteiger partial charge in [0.05, 0.1) is 24.8 Å². The molecule has 0 saturated heterocycles. The second-order valence-electron chi connectivity index (χ2n) is 5.14. The SMILES string of the molecule is C=CC(=O)OCCCOC(=O)Oc1ccc(-c2ccc(C#N)cc2)cc1. The standard InChI is InChI=1S/C20H17NO5/c1-2-19(22)24-12-3-13-25-20(23)26-18-10-8-17(9-11-18)16-6-4-15(14-21)5-7-16/h2,4-11H,1,3,12-13H2. The molecule has 0 aliphatic rings. The maximum Gasteiger partial charge on any atom is 0.513 e. The summed E-state index contributed by atoms with van der Waals surface area (Å²) in [6.45, 7) is 3.49. The molecule has 2 aromatic carbocycles. The van der Waals surface area contributed by atoms with Gasteiger partial charge in [-0.3, -0.25) is 0 Å². The molecule has 0 aromatic heterocycles. The van der Waals surface area contributed by atoms with Crippen LogP contribution in [0.3, 0.4) is 0 Å². The van der Waals surface area contributed by atoms with Crippen molar-refractivity contribution >= 4 is 12.1 Å². The van der Waals surface area contributed by atoms with E-state index in [9.17, 15) is 9.59 Å². The van der Waals surface area contributed by atoms with Crippen molar-refractivity contribution in [1.29, 1.82) is 5.26 Å². The minimum absolute atomic E-state index is 0.0760. The lowest BCUT2D eigenvalue weighted by atomic mass is 10.0. The summed E-state index contributed by atoms with van der Waals surface area (Å²) in [6.07, 6.45) is 0.606. The Balaban J connectivity index is 1.79. The molecule has 0 heterocycles. The van der Waals surface area contributed by atoms with E-state index in [1.54, 1.807) is 36.4 Å². The molecule has 0 unspecified atom stereocenters. The molecule has 0 saturated carbocycles. The van der Waals surface area contributed by atoms with Crippen LogP contribution < -0.4 is 4.74 Å². The quantitative estimate of drug-likeness (QED) is 0.326. The normalized spacial score (nSPS) is 9.65. The number of hydrogen-bond donors (Lipinski definition) is 0. The van der Waals surface area contributed by atoms with Crippen LogP contribution in [0.15, 0.2) is 61.2 Å². The van der Waals surface area contributed by atoms with Gasteiger partial charge in [0, 0.05) is 12.5 Å². The molecule has 132 valence electrons. The van der Waals surface area contributed by atoms with Crippen LogP contribution in [0, 0.1) is 11.3 Å². The van der Waals surface area contributed by atoms with Crippen LogP contribution in [0.4, 0.5) is 4.79 Å². The van der Waals surface area contributed by atoms with Gasteiger partial charge in [0.15, 0.2) is 0 Å². The zero-order chi connectivity index (χ0) is 18.8. The fourth-order valence-corrected chi connectivity index (χ4v) is 2.02. The number of benzene rings is 2. The number of hydrogen-bond acceptors (Lipinski definition) is 6. The van der Waals surface area contributed by atoms with E-state index < -0.39 is 12.1 Å². The van der Waals surface area contributed by atoms with Gasteiger partial charge in [-0.2, -0.15) is 5.26 Å². The Labute approximate surface area is 151 Å². The van der Waals surface area contributed by atoms with Crippen molar-refractivity contribution in [1.82, 2.24) is 0 Å². The van der Waals surface area contributed by atoms with Crippen LogP contribution in [0.25, 0.3) is 11.1 Å². The first kappa shape index (κ1) is 18.7. The third kappa shape index (κ3) is 5.80. The van der Waals surface area contributed by atoms with Crippen LogP contribution in [0.5, 0.6) is 5.75 Å². The fourth-order valence-electron chi connectivity index (χ4n) is 2.02. The van der Waals surface area contributed by atoms with Gasteiger partial charge in [0.25, 0.3) is 0 Å². The molecule has 0 spiro atoms. The highest BCUT2D eigenvalue weighted by Gasteiger charge is 2.07. The maximum atomic E-state index is 11.6. The highest BCUT2D eigenvalue weighted by atomic mass is 16.7. The number of carbonyl (C=O) groups excluding carboxylic acids is 2. The van der Waals surface area contributed by atoms with Crippen LogP contribution in [0.1, 0.15) is 12.0 Å². The summed E-state index contributed by atoms with van der Waals surface area (Å²) in [4.78, 5) is 22.4. The molecular weight excluding hydrogens is 334 g/mol. The van der Waals surface area contributed by atoms with Crippen LogP contribution in [0.2, 0.25) is 0 Å². The fraction of sp³-hybridized carbons (Fsp3) is 0.150. The molecule has 2 aromatic rings. The maximum absolute atomic E-state index is 11.6. The molecule has 6 heteroatoms. The smallest absolute Gasteiger partial charge is 0.462 e. The molecule has 0 atom stereocenters. The summed E-state index contributed by atoms with van der Waals surface area (Å²) in [5.74, 6) is -0.166. The molecule has 26 heavy (non-hydrogen) atoms. The molecular formula is C20H17NO5. The minimum atomic E-state index is -0.828. The van der Waals surface area contributed by atoms with Gasteiger partial charge < -0.3 is 14.2 Å². The van der Waals surface area contributed by atoms with Crippen molar-refractivity contribution in [2.45, 2.75) is 6.42 Å². The van der Waals surface area contributed by atoms with E-state index in [0.29, 0.717) is 17.7 Å². The predicted octanol–water partition coefficient (Wildman–Crippen LogP) is 3.86. The lowest BCUT2D eigenvalue weighted by Crippen LogP contribution is -2.13. The molecule has 0 bridgehead atoms. The summed E-state index contributed by atoms with van der Waals surface area (Å²) in [6, 6.07) is 16.2. The van der Waals surface area contributed by atoms with Crippen molar-refractivity contribution in [3.63, 3.8) is 0 Å². The second-order valence-corrected chi connectivity index (χ2v) is 5.14. The van der Waals surface area contributed by atoms with Crippen molar-refractivity contribution in [2.75, 3.05) is 13.2 Å². The van der Waals surface area contributed by atoms with E-state index in [0.717, 1.165) is 17.2 Å². The number of nitrogens with zero attached hydrogens (tertiary/aromatic N) is 1. The zero-order valence-electron chi connectivity index (χ0n) is 14.0. The van der Waals surface area contributed by atoms with E-state index >= 15 is 0 Å². The first-order chi connectivity index (χ1) is 12.6. The predicted molar refractivity (Wildman–Crippen MR) is 94.3 cm³/mol. The molecule has 0 N–H and O–H groups in total. The van der Waals surface area contributed by atoms with Gasteiger partial charge in [0.2, 0.25) is 0 Å². The molecule has 0 fully saturated rings. The van der Waals surface area contributed by atoms with Crippen LogP contribution >= 0.6 is 0 Å². The van der Waals surface area contributed by atoms with Gasteiger partial charge in [-0.1, -0.05) is 30.8 Å². The van der Waals surface area contributed by atoms with Gasteiger partial charge in [-0.25, -0.2) is 9.59 Å². The summed E-state index contributed by atoms with van der Waals surface area (Å²) in [5.41, 5.74) is 2.47.